The van der Waals surface area contributed by atoms with Gasteiger partial charge in [0.1, 0.15) is 16.7 Å². The highest BCUT2D eigenvalue weighted by Gasteiger charge is 2.37. The van der Waals surface area contributed by atoms with Gasteiger partial charge in [-0.2, -0.15) is 0 Å². The second-order valence-corrected chi connectivity index (χ2v) is 8.24. The maximum absolute atomic E-state index is 13.5. The van der Waals surface area contributed by atoms with Crippen molar-refractivity contribution in [2.24, 2.45) is 0 Å². The van der Waals surface area contributed by atoms with Gasteiger partial charge in [-0.05, 0) is 24.3 Å². The Balaban J connectivity index is 1.40. The molecule has 8 nitrogen and oxygen atoms in total. The molecule has 1 aliphatic rings. The number of aromatic nitrogens is 5. The standard InChI is InChI=1S/C22H16N6O2S/c29-22(16-11-24-20(30-16)15-6-3-4-9-23-15)28-10-8-14-18(26-12-25-14)19(28)21-27-13-5-1-2-7-17(13)31-21/h1-7,9,11-12,19H,8,10H2,(H,25,26)/t19-/m0/s1. The number of oxazole rings is 1. The third-order valence-corrected chi connectivity index (χ3v) is 6.42. The summed E-state index contributed by atoms with van der Waals surface area (Å²) in [5, 5.41) is 0.826. The van der Waals surface area contributed by atoms with Crippen LogP contribution in [-0.2, 0) is 6.42 Å². The average molecular weight is 428 g/mol. The molecule has 1 aromatic carbocycles. The summed E-state index contributed by atoms with van der Waals surface area (Å²) in [6, 6.07) is 13.0. The summed E-state index contributed by atoms with van der Waals surface area (Å²) in [4.78, 5) is 36.3. The van der Waals surface area contributed by atoms with Crippen LogP contribution in [0.15, 0.2) is 65.6 Å². The Kier molecular flexibility index (Phi) is 4.13. The summed E-state index contributed by atoms with van der Waals surface area (Å²) in [5.74, 6) is 0.247. The molecule has 0 unspecified atom stereocenters. The number of para-hydroxylation sites is 1. The highest BCUT2D eigenvalue weighted by atomic mass is 32.1. The number of rotatable bonds is 3. The molecule has 0 bridgehead atoms. The molecule has 0 aliphatic carbocycles. The van der Waals surface area contributed by atoms with E-state index in [0.29, 0.717) is 24.6 Å². The third kappa shape index (κ3) is 3.01. The number of pyridine rings is 1. The van der Waals surface area contributed by atoms with E-state index in [1.807, 2.05) is 36.4 Å². The lowest BCUT2D eigenvalue weighted by Crippen LogP contribution is -2.40. The van der Waals surface area contributed by atoms with E-state index in [-0.39, 0.29) is 17.7 Å². The number of hydrogen-bond acceptors (Lipinski definition) is 7. The zero-order valence-electron chi connectivity index (χ0n) is 16.2. The lowest BCUT2D eigenvalue weighted by molar-refractivity contribution is 0.0658. The van der Waals surface area contributed by atoms with Crippen LogP contribution in [0.1, 0.15) is 33.0 Å². The van der Waals surface area contributed by atoms with Crippen LogP contribution >= 0.6 is 11.3 Å². The molecule has 9 heteroatoms. The van der Waals surface area contributed by atoms with Crippen LogP contribution in [0, 0.1) is 0 Å². The van der Waals surface area contributed by atoms with Crippen molar-refractivity contribution in [2.45, 2.75) is 12.5 Å². The van der Waals surface area contributed by atoms with Crippen molar-refractivity contribution < 1.29 is 9.21 Å². The highest BCUT2D eigenvalue weighted by molar-refractivity contribution is 7.18. The molecule has 1 N–H and O–H groups in total. The molecule has 1 atom stereocenters. The first-order chi connectivity index (χ1) is 15.3. The SMILES string of the molecule is O=C(c1cnc(-c2ccccn2)o1)N1CCc2[nH]cnc2[C@H]1c1nc2ccccc2s1. The van der Waals surface area contributed by atoms with E-state index >= 15 is 0 Å². The quantitative estimate of drug-likeness (QED) is 0.468. The minimum absolute atomic E-state index is 0.172. The third-order valence-electron chi connectivity index (χ3n) is 5.33. The van der Waals surface area contributed by atoms with Crippen molar-refractivity contribution in [1.29, 1.82) is 0 Å². The number of thiazole rings is 1. The number of amides is 1. The molecular weight excluding hydrogens is 412 g/mol. The summed E-state index contributed by atoms with van der Waals surface area (Å²) in [5.41, 5.74) is 3.34. The Labute approximate surface area is 180 Å². The van der Waals surface area contributed by atoms with E-state index < -0.39 is 0 Å². The van der Waals surface area contributed by atoms with Crippen molar-refractivity contribution in [2.75, 3.05) is 6.54 Å². The molecule has 6 rings (SSSR count). The maximum atomic E-state index is 13.5. The first-order valence-corrected chi connectivity index (χ1v) is 10.7. The van der Waals surface area contributed by atoms with Crippen molar-refractivity contribution in [3.8, 4) is 11.6 Å². The number of nitrogens with one attached hydrogen (secondary N) is 1. The summed E-state index contributed by atoms with van der Waals surface area (Å²) in [6.45, 7) is 0.522. The number of carbonyl (C=O) groups excluding carboxylic acids is 1. The van der Waals surface area contributed by atoms with Crippen molar-refractivity contribution in [1.82, 2.24) is 29.8 Å². The van der Waals surface area contributed by atoms with Crippen molar-refractivity contribution in [3.05, 3.63) is 83.3 Å². The Morgan fingerprint density at radius 2 is 2.03 bits per heavy atom. The highest BCUT2D eigenvalue weighted by Crippen LogP contribution is 2.38. The zero-order valence-corrected chi connectivity index (χ0v) is 17.0. The minimum atomic E-state index is -0.386. The minimum Gasteiger partial charge on any atom is -0.429 e. The fourth-order valence-electron chi connectivity index (χ4n) is 3.87. The lowest BCUT2D eigenvalue weighted by atomic mass is 10.0. The predicted molar refractivity (Wildman–Crippen MR) is 115 cm³/mol. The van der Waals surface area contributed by atoms with Crippen LogP contribution in [0.25, 0.3) is 21.8 Å². The molecule has 0 saturated heterocycles. The topological polar surface area (TPSA) is 101 Å². The van der Waals surface area contributed by atoms with Gasteiger partial charge in [0.2, 0.25) is 11.7 Å². The number of nitrogens with zero attached hydrogens (tertiary/aromatic N) is 5. The van der Waals surface area contributed by atoms with Gasteiger partial charge in [-0.3, -0.25) is 9.78 Å². The number of H-pyrrole nitrogens is 1. The smallest absolute Gasteiger partial charge is 0.292 e. The molecule has 0 fully saturated rings. The van der Waals surface area contributed by atoms with Gasteiger partial charge in [0.25, 0.3) is 5.91 Å². The number of benzene rings is 1. The van der Waals surface area contributed by atoms with Crippen molar-refractivity contribution in [3.63, 3.8) is 0 Å². The van der Waals surface area contributed by atoms with Gasteiger partial charge >= 0.3 is 0 Å². The second kappa shape index (κ2) is 7.13. The summed E-state index contributed by atoms with van der Waals surface area (Å²) in [7, 11) is 0. The first-order valence-electron chi connectivity index (χ1n) is 9.84. The van der Waals surface area contributed by atoms with Crippen LogP contribution in [0.5, 0.6) is 0 Å². The Bertz CT molecular complexity index is 1360. The molecular formula is C22H16N6O2S. The number of imidazole rings is 1. The molecule has 5 aromatic rings. The van der Waals surface area contributed by atoms with Gasteiger partial charge in [-0.25, -0.2) is 15.0 Å². The molecule has 1 aliphatic heterocycles. The molecule has 31 heavy (non-hydrogen) atoms. The van der Waals surface area contributed by atoms with E-state index in [9.17, 15) is 4.79 Å². The molecule has 1 amide bonds. The van der Waals surface area contributed by atoms with Crippen LogP contribution in [0.4, 0.5) is 0 Å². The summed E-state index contributed by atoms with van der Waals surface area (Å²) in [6.07, 6.45) is 5.48. The van der Waals surface area contributed by atoms with Gasteiger partial charge < -0.3 is 14.3 Å². The molecule has 5 heterocycles. The Hall–Kier alpha value is -3.85. The van der Waals surface area contributed by atoms with E-state index in [1.165, 1.54) is 6.20 Å². The maximum Gasteiger partial charge on any atom is 0.292 e. The van der Waals surface area contributed by atoms with E-state index in [1.54, 1.807) is 34.8 Å². The van der Waals surface area contributed by atoms with Crippen LogP contribution in [0.2, 0.25) is 0 Å². The van der Waals surface area contributed by atoms with Gasteiger partial charge in [-0.1, -0.05) is 18.2 Å². The second-order valence-electron chi connectivity index (χ2n) is 7.18. The average Bonchev–Trinajstić information content (AvgIpc) is 3.57. The molecule has 0 spiro atoms. The number of hydrogen-bond donors (Lipinski definition) is 1. The van der Waals surface area contributed by atoms with Crippen LogP contribution < -0.4 is 0 Å². The molecule has 0 saturated carbocycles. The number of fused-ring (bicyclic) bond motifs is 2. The first kappa shape index (κ1) is 18.0. The Morgan fingerprint density at radius 1 is 1.13 bits per heavy atom. The lowest BCUT2D eigenvalue weighted by Gasteiger charge is -2.33. The fourth-order valence-corrected chi connectivity index (χ4v) is 4.96. The van der Waals surface area contributed by atoms with E-state index in [0.717, 1.165) is 26.6 Å². The fraction of sp³-hybridized carbons (Fsp3) is 0.136. The summed E-state index contributed by atoms with van der Waals surface area (Å²) < 4.78 is 6.86. The number of carbonyl (C=O) groups is 1. The molecule has 152 valence electrons. The molecule has 4 aromatic heterocycles. The van der Waals surface area contributed by atoms with Gasteiger partial charge in [0.15, 0.2) is 0 Å². The van der Waals surface area contributed by atoms with E-state index in [2.05, 4.69) is 19.9 Å². The monoisotopic (exact) mass is 428 g/mol. The predicted octanol–water partition coefficient (Wildman–Crippen LogP) is 3.86. The van der Waals surface area contributed by atoms with Gasteiger partial charge in [0, 0.05) is 24.9 Å². The van der Waals surface area contributed by atoms with Gasteiger partial charge in [0.05, 0.1) is 28.4 Å². The van der Waals surface area contributed by atoms with E-state index in [4.69, 9.17) is 9.40 Å². The zero-order chi connectivity index (χ0) is 20.8. The van der Waals surface area contributed by atoms with Crippen molar-refractivity contribution >= 4 is 27.5 Å². The normalized spacial score (nSPS) is 15.9. The molecule has 0 radical (unpaired) electrons. The number of aromatic amines is 1. The largest absolute Gasteiger partial charge is 0.429 e. The Morgan fingerprint density at radius 3 is 2.90 bits per heavy atom. The summed E-state index contributed by atoms with van der Waals surface area (Å²) >= 11 is 1.57. The van der Waals surface area contributed by atoms with Crippen LogP contribution in [-0.4, -0.2) is 42.3 Å². The van der Waals surface area contributed by atoms with Crippen LogP contribution in [0.3, 0.4) is 0 Å². The van der Waals surface area contributed by atoms with Gasteiger partial charge in [-0.15, -0.1) is 11.3 Å².